The summed E-state index contributed by atoms with van der Waals surface area (Å²) in [6, 6.07) is -0.207. The fourth-order valence-electron chi connectivity index (χ4n) is 2.99. The van der Waals surface area contributed by atoms with Crippen molar-refractivity contribution in [3.05, 3.63) is 0 Å². The highest BCUT2D eigenvalue weighted by Gasteiger charge is 2.33. The molecular weight excluding hydrogens is 320 g/mol. The maximum atomic E-state index is 12.5. The van der Waals surface area contributed by atoms with Gasteiger partial charge in [-0.05, 0) is 26.2 Å². The molecule has 0 aromatic carbocycles. The summed E-state index contributed by atoms with van der Waals surface area (Å²) in [5.41, 5.74) is 0. The molecule has 1 atom stereocenters. The van der Waals surface area contributed by atoms with E-state index in [2.05, 4.69) is 0 Å². The second-order valence-corrected chi connectivity index (χ2v) is 8.34. The SMILES string of the molecule is CCCC(C)C(=O)N(CC(=O)O)C1CCN(S(=O)(=O)CC)CC1. The molecule has 1 N–H and O–H groups in total. The Labute approximate surface area is 138 Å². The van der Waals surface area contributed by atoms with Gasteiger partial charge in [0.25, 0.3) is 0 Å². The largest absolute Gasteiger partial charge is 0.480 e. The molecule has 1 heterocycles. The third-order valence-corrected chi connectivity index (χ3v) is 6.24. The van der Waals surface area contributed by atoms with Crippen LogP contribution in [0.15, 0.2) is 0 Å². The van der Waals surface area contributed by atoms with E-state index in [1.807, 2.05) is 13.8 Å². The molecule has 7 nitrogen and oxygen atoms in total. The van der Waals surface area contributed by atoms with Gasteiger partial charge >= 0.3 is 5.97 Å². The van der Waals surface area contributed by atoms with Crippen molar-refractivity contribution in [1.29, 1.82) is 0 Å². The summed E-state index contributed by atoms with van der Waals surface area (Å²) < 4.78 is 25.2. The number of carboxylic acid groups (broad SMARTS) is 1. The number of rotatable bonds is 8. The van der Waals surface area contributed by atoms with Gasteiger partial charge in [0, 0.05) is 25.0 Å². The highest BCUT2D eigenvalue weighted by Crippen LogP contribution is 2.22. The standard InChI is InChI=1S/C15H28N2O5S/c1-4-6-12(3)15(20)17(11-14(18)19)13-7-9-16(10-8-13)23(21,22)5-2/h12-13H,4-11H2,1-3H3,(H,18,19). The molecule has 0 saturated carbocycles. The minimum atomic E-state index is -3.23. The van der Waals surface area contributed by atoms with Crippen molar-refractivity contribution in [2.45, 2.75) is 52.5 Å². The molecule has 1 aliphatic heterocycles. The summed E-state index contributed by atoms with van der Waals surface area (Å²) in [7, 11) is -3.23. The fraction of sp³-hybridized carbons (Fsp3) is 0.867. The Morgan fingerprint density at radius 1 is 1.26 bits per heavy atom. The van der Waals surface area contributed by atoms with E-state index in [4.69, 9.17) is 5.11 Å². The lowest BCUT2D eigenvalue weighted by Crippen LogP contribution is -2.51. The van der Waals surface area contributed by atoms with Crippen molar-refractivity contribution in [2.75, 3.05) is 25.4 Å². The van der Waals surface area contributed by atoms with Gasteiger partial charge in [-0.3, -0.25) is 9.59 Å². The molecule has 1 unspecified atom stereocenters. The van der Waals surface area contributed by atoms with Crippen molar-refractivity contribution in [1.82, 2.24) is 9.21 Å². The minimum Gasteiger partial charge on any atom is -0.480 e. The summed E-state index contributed by atoms with van der Waals surface area (Å²) in [5.74, 6) is -1.34. The van der Waals surface area contributed by atoms with Crippen LogP contribution in [0.4, 0.5) is 0 Å². The summed E-state index contributed by atoms with van der Waals surface area (Å²) >= 11 is 0. The first-order chi connectivity index (χ1) is 10.7. The van der Waals surface area contributed by atoms with Gasteiger partial charge in [0.1, 0.15) is 6.54 Å². The lowest BCUT2D eigenvalue weighted by atomic mass is 9.99. The molecule has 1 fully saturated rings. The maximum Gasteiger partial charge on any atom is 0.323 e. The summed E-state index contributed by atoms with van der Waals surface area (Å²) in [6.07, 6.45) is 2.55. The Kier molecular flexibility index (Phi) is 7.47. The molecular formula is C15H28N2O5S. The number of nitrogens with zero attached hydrogens (tertiary/aromatic N) is 2. The van der Waals surface area contributed by atoms with Gasteiger partial charge in [0.05, 0.1) is 5.75 Å². The molecule has 0 bridgehead atoms. The van der Waals surface area contributed by atoms with E-state index in [9.17, 15) is 18.0 Å². The minimum absolute atomic E-state index is 0.0585. The molecule has 1 amide bonds. The van der Waals surface area contributed by atoms with Gasteiger partial charge in [0.2, 0.25) is 15.9 Å². The summed E-state index contributed by atoms with van der Waals surface area (Å²) in [6.45, 7) is 5.77. The van der Waals surface area contributed by atoms with Gasteiger partial charge in [-0.1, -0.05) is 20.3 Å². The molecule has 23 heavy (non-hydrogen) atoms. The monoisotopic (exact) mass is 348 g/mol. The quantitative estimate of drug-likeness (QED) is 0.710. The first-order valence-electron chi connectivity index (χ1n) is 8.23. The van der Waals surface area contributed by atoms with Crippen LogP contribution in [-0.4, -0.2) is 66.0 Å². The average Bonchev–Trinajstić information content (AvgIpc) is 2.52. The first-order valence-corrected chi connectivity index (χ1v) is 9.83. The van der Waals surface area contributed by atoms with E-state index in [0.29, 0.717) is 25.9 Å². The molecule has 0 aliphatic carbocycles. The van der Waals surface area contributed by atoms with E-state index in [0.717, 1.165) is 12.8 Å². The van der Waals surface area contributed by atoms with E-state index in [-0.39, 0.29) is 30.2 Å². The number of carbonyl (C=O) groups excluding carboxylic acids is 1. The van der Waals surface area contributed by atoms with E-state index in [1.54, 1.807) is 6.92 Å². The van der Waals surface area contributed by atoms with Gasteiger partial charge in [-0.2, -0.15) is 0 Å². The molecule has 1 saturated heterocycles. The van der Waals surface area contributed by atoms with Crippen LogP contribution in [0.1, 0.15) is 46.5 Å². The van der Waals surface area contributed by atoms with Crippen LogP contribution in [0, 0.1) is 5.92 Å². The van der Waals surface area contributed by atoms with E-state index < -0.39 is 16.0 Å². The normalized spacial score (nSPS) is 18.6. The molecule has 0 aromatic rings. The van der Waals surface area contributed by atoms with Gasteiger partial charge in [0.15, 0.2) is 0 Å². The van der Waals surface area contributed by atoms with Crippen LogP contribution in [0.5, 0.6) is 0 Å². The number of hydrogen-bond acceptors (Lipinski definition) is 4. The second kappa shape index (κ2) is 8.63. The zero-order valence-electron chi connectivity index (χ0n) is 14.2. The number of piperidine rings is 1. The van der Waals surface area contributed by atoms with Crippen LogP contribution < -0.4 is 0 Å². The Morgan fingerprint density at radius 2 is 1.83 bits per heavy atom. The lowest BCUT2D eigenvalue weighted by molar-refractivity contribution is -0.148. The summed E-state index contributed by atoms with van der Waals surface area (Å²) in [4.78, 5) is 25.1. The van der Waals surface area contributed by atoms with Crippen molar-refractivity contribution in [3.63, 3.8) is 0 Å². The number of amides is 1. The zero-order chi connectivity index (χ0) is 17.6. The van der Waals surface area contributed by atoms with Crippen molar-refractivity contribution in [3.8, 4) is 0 Å². The molecule has 8 heteroatoms. The van der Waals surface area contributed by atoms with Crippen LogP contribution in [0.2, 0.25) is 0 Å². The zero-order valence-corrected chi connectivity index (χ0v) is 15.0. The van der Waals surface area contributed by atoms with Crippen LogP contribution in [0.3, 0.4) is 0 Å². The number of aliphatic carboxylic acids is 1. The van der Waals surface area contributed by atoms with Crippen molar-refractivity contribution in [2.24, 2.45) is 5.92 Å². The van der Waals surface area contributed by atoms with Gasteiger partial charge < -0.3 is 10.0 Å². The lowest BCUT2D eigenvalue weighted by Gasteiger charge is -2.38. The van der Waals surface area contributed by atoms with Crippen LogP contribution in [0.25, 0.3) is 0 Å². The van der Waals surface area contributed by atoms with E-state index >= 15 is 0 Å². The van der Waals surface area contributed by atoms with Crippen LogP contribution >= 0.6 is 0 Å². The first kappa shape index (κ1) is 19.9. The highest BCUT2D eigenvalue weighted by atomic mass is 32.2. The Morgan fingerprint density at radius 3 is 2.26 bits per heavy atom. The predicted octanol–water partition coefficient (Wildman–Crippen LogP) is 1.15. The summed E-state index contributed by atoms with van der Waals surface area (Å²) in [5, 5.41) is 9.09. The maximum absolute atomic E-state index is 12.5. The number of sulfonamides is 1. The third kappa shape index (κ3) is 5.46. The van der Waals surface area contributed by atoms with E-state index in [1.165, 1.54) is 9.21 Å². The second-order valence-electron chi connectivity index (χ2n) is 6.08. The Balaban J connectivity index is 2.78. The van der Waals surface area contributed by atoms with Gasteiger partial charge in [-0.15, -0.1) is 0 Å². The van der Waals surface area contributed by atoms with Gasteiger partial charge in [-0.25, -0.2) is 12.7 Å². The molecule has 0 spiro atoms. The average molecular weight is 348 g/mol. The molecule has 0 aromatic heterocycles. The van der Waals surface area contributed by atoms with Crippen molar-refractivity contribution >= 4 is 21.9 Å². The van der Waals surface area contributed by atoms with Crippen molar-refractivity contribution < 1.29 is 23.1 Å². The molecule has 1 aliphatic rings. The Hall–Kier alpha value is -1.15. The molecule has 134 valence electrons. The van der Waals surface area contributed by atoms with Crippen LogP contribution in [-0.2, 0) is 19.6 Å². The fourth-order valence-corrected chi connectivity index (χ4v) is 4.12. The molecule has 0 radical (unpaired) electrons. The molecule has 1 rings (SSSR count). The number of hydrogen-bond donors (Lipinski definition) is 1. The Bertz CT molecular complexity index is 512. The highest BCUT2D eigenvalue weighted by molar-refractivity contribution is 7.89. The number of carbonyl (C=O) groups is 2. The predicted molar refractivity (Wildman–Crippen MR) is 87.5 cm³/mol. The third-order valence-electron chi connectivity index (χ3n) is 4.35. The topological polar surface area (TPSA) is 95.0 Å². The smallest absolute Gasteiger partial charge is 0.323 e. The number of carboxylic acids is 1.